The SMILES string of the molecule is COCc1ccc(NC(=O)C(C)NC(=O)CNC(=O)C(CNCC=O)NC(=O)C(C)CC(=O)O)cc1. The molecule has 0 spiro atoms. The molecule has 4 amide bonds. The van der Waals surface area contributed by atoms with Gasteiger partial charge in [-0.15, -0.1) is 0 Å². The van der Waals surface area contributed by atoms with Gasteiger partial charge in [-0.05, 0) is 24.6 Å². The van der Waals surface area contributed by atoms with E-state index in [9.17, 15) is 28.8 Å². The third-order valence-corrected chi connectivity index (χ3v) is 4.86. The molecular formula is C23H33N5O8. The van der Waals surface area contributed by atoms with Crippen LogP contribution in [0.1, 0.15) is 25.8 Å². The molecule has 13 nitrogen and oxygen atoms in total. The molecule has 0 heterocycles. The summed E-state index contributed by atoms with van der Waals surface area (Å²) in [5, 5.41) is 21.4. The van der Waals surface area contributed by atoms with Crippen LogP contribution in [0.25, 0.3) is 0 Å². The lowest BCUT2D eigenvalue weighted by Gasteiger charge is -2.20. The third-order valence-electron chi connectivity index (χ3n) is 4.86. The summed E-state index contributed by atoms with van der Waals surface area (Å²) in [6.45, 7) is 2.63. The number of amides is 4. The van der Waals surface area contributed by atoms with Gasteiger partial charge in [0, 0.05) is 25.3 Å². The predicted molar refractivity (Wildman–Crippen MR) is 129 cm³/mol. The van der Waals surface area contributed by atoms with Crippen LogP contribution in [0.15, 0.2) is 24.3 Å². The number of aldehydes is 1. The molecule has 198 valence electrons. The Labute approximate surface area is 208 Å². The molecule has 0 aromatic heterocycles. The highest BCUT2D eigenvalue weighted by Gasteiger charge is 2.25. The van der Waals surface area contributed by atoms with Crippen LogP contribution in [0.4, 0.5) is 5.69 Å². The van der Waals surface area contributed by atoms with Crippen molar-refractivity contribution in [3.8, 4) is 0 Å². The number of hydrogen-bond acceptors (Lipinski definition) is 8. The van der Waals surface area contributed by atoms with Crippen LogP contribution in [-0.4, -0.2) is 79.8 Å². The molecule has 6 N–H and O–H groups in total. The largest absolute Gasteiger partial charge is 0.481 e. The maximum absolute atomic E-state index is 12.5. The van der Waals surface area contributed by atoms with E-state index < -0.39 is 60.6 Å². The number of carbonyl (C=O) groups excluding carboxylic acids is 5. The van der Waals surface area contributed by atoms with Gasteiger partial charge in [0.2, 0.25) is 23.6 Å². The van der Waals surface area contributed by atoms with Crippen molar-refractivity contribution < 1.29 is 38.6 Å². The zero-order valence-electron chi connectivity index (χ0n) is 20.5. The van der Waals surface area contributed by atoms with E-state index in [-0.39, 0.29) is 13.1 Å². The van der Waals surface area contributed by atoms with Crippen molar-refractivity contribution >= 4 is 41.6 Å². The number of benzene rings is 1. The lowest BCUT2D eigenvalue weighted by Crippen LogP contribution is -2.55. The molecular weight excluding hydrogens is 474 g/mol. The Hall–Kier alpha value is -3.84. The molecule has 1 aromatic carbocycles. The Bertz CT molecular complexity index is 922. The maximum atomic E-state index is 12.5. The zero-order valence-corrected chi connectivity index (χ0v) is 20.5. The molecule has 1 aromatic rings. The first-order chi connectivity index (χ1) is 17.1. The van der Waals surface area contributed by atoms with E-state index in [1.807, 2.05) is 0 Å². The number of aliphatic carboxylic acids is 1. The van der Waals surface area contributed by atoms with Crippen molar-refractivity contribution in [1.29, 1.82) is 0 Å². The molecule has 0 radical (unpaired) electrons. The van der Waals surface area contributed by atoms with Crippen molar-refractivity contribution in [3.05, 3.63) is 29.8 Å². The molecule has 0 aliphatic heterocycles. The summed E-state index contributed by atoms with van der Waals surface area (Å²) in [5.41, 5.74) is 1.47. The van der Waals surface area contributed by atoms with E-state index in [2.05, 4.69) is 26.6 Å². The second-order valence-electron chi connectivity index (χ2n) is 8.01. The molecule has 0 saturated carbocycles. The summed E-state index contributed by atoms with van der Waals surface area (Å²) in [6, 6.07) is 4.91. The predicted octanol–water partition coefficient (Wildman–Crippen LogP) is -1.22. The van der Waals surface area contributed by atoms with Crippen LogP contribution in [0.3, 0.4) is 0 Å². The molecule has 0 fully saturated rings. The van der Waals surface area contributed by atoms with E-state index in [1.165, 1.54) is 13.8 Å². The van der Waals surface area contributed by atoms with E-state index in [0.29, 0.717) is 18.6 Å². The summed E-state index contributed by atoms with van der Waals surface area (Å²) in [7, 11) is 1.58. The Balaban J connectivity index is 2.59. The topological polar surface area (TPSA) is 192 Å². The van der Waals surface area contributed by atoms with Gasteiger partial charge in [0.15, 0.2) is 0 Å². The fourth-order valence-electron chi connectivity index (χ4n) is 2.91. The summed E-state index contributed by atoms with van der Waals surface area (Å²) < 4.78 is 5.03. The smallest absolute Gasteiger partial charge is 0.304 e. The molecule has 0 saturated heterocycles. The molecule has 1 rings (SSSR count). The number of rotatable bonds is 16. The molecule has 0 aliphatic carbocycles. The quantitative estimate of drug-likeness (QED) is 0.117. The molecule has 0 bridgehead atoms. The summed E-state index contributed by atoms with van der Waals surface area (Å²) in [4.78, 5) is 70.6. The van der Waals surface area contributed by atoms with Gasteiger partial charge >= 0.3 is 5.97 Å². The monoisotopic (exact) mass is 507 g/mol. The average Bonchev–Trinajstić information content (AvgIpc) is 2.82. The van der Waals surface area contributed by atoms with Gasteiger partial charge in [-0.25, -0.2) is 0 Å². The van der Waals surface area contributed by atoms with Crippen molar-refractivity contribution in [3.63, 3.8) is 0 Å². The molecule has 3 unspecified atom stereocenters. The number of carboxylic acid groups (broad SMARTS) is 1. The van der Waals surface area contributed by atoms with Crippen LogP contribution in [0.2, 0.25) is 0 Å². The van der Waals surface area contributed by atoms with Gasteiger partial charge < -0.3 is 41.2 Å². The van der Waals surface area contributed by atoms with Crippen molar-refractivity contribution in [1.82, 2.24) is 21.3 Å². The fourth-order valence-corrected chi connectivity index (χ4v) is 2.91. The minimum atomic E-state index is -1.17. The molecule has 3 atom stereocenters. The summed E-state index contributed by atoms with van der Waals surface area (Å²) >= 11 is 0. The molecule has 0 aliphatic rings. The Morgan fingerprint density at radius 3 is 2.25 bits per heavy atom. The van der Waals surface area contributed by atoms with E-state index in [0.717, 1.165) is 5.56 Å². The van der Waals surface area contributed by atoms with Crippen LogP contribution >= 0.6 is 0 Å². The van der Waals surface area contributed by atoms with Crippen molar-refractivity contribution in [2.45, 2.75) is 39.0 Å². The number of carbonyl (C=O) groups is 6. The van der Waals surface area contributed by atoms with Crippen molar-refractivity contribution in [2.24, 2.45) is 5.92 Å². The minimum absolute atomic E-state index is 0.0768. The summed E-state index contributed by atoms with van der Waals surface area (Å²) in [5.74, 6) is -4.59. The van der Waals surface area contributed by atoms with Gasteiger partial charge in [0.05, 0.1) is 26.1 Å². The first-order valence-corrected chi connectivity index (χ1v) is 11.2. The van der Waals surface area contributed by atoms with Gasteiger partial charge in [-0.3, -0.25) is 24.0 Å². The molecule has 13 heteroatoms. The van der Waals surface area contributed by atoms with E-state index in [4.69, 9.17) is 9.84 Å². The highest BCUT2D eigenvalue weighted by Crippen LogP contribution is 2.10. The highest BCUT2D eigenvalue weighted by atomic mass is 16.5. The Kier molecular flexibility index (Phi) is 13.4. The zero-order chi connectivity index (χ0) is 27.1. The highest BCUT2D eigenvalue weighted by molar-refractivity contribution is 5.98. The number of hydrogen-bond donors (Lipinski definition) is 6. The normalized spacial score (nSPS) is 13.0. The number of methoxy groups -OCH3 is 1. The van der Waals surface area contributed by atoms with E-state index >= 15 is 0 Å². The molecule has 36 heavy (non-hydrogen) atoms. The van der Waals surface area contributed by atoms with Crippen molar-refractivity contribution in [2.75, 3.05) is 32.1 Å². The first-order valence-electron chi connectivity index (χ1n) is 11.2. The standard InChI is InChI=1S/C23H33N5O8/c1-14(10-20(31)32)21(33)28-18(11-24-8-9-29)23(35)25-12-19(30)26-15(2)22(34)27-17-6-4-16(5-7-17)13-36-3/h4-7,9,14-15,18,24H,8,10-13H2,1-3H3,(H,25,35)(H,26,30)(H,27,34)(H,28,33)(H,31,32). The van der Waals surface area contributed by atoms with Gasteiger partial charge in [-0.2, -0.15) is 0 Å². The van der Waals surface area contributed by atoms with Gasteiger partial charge in [0.25, 0.3) is 0 Å². The van der Waals surface area contributed by atoms with Crippen LogP contribution in [-0.2, 0) is 40.1 Å². The van der Waals surface area contributed by atoms with E-state index in [1.54, 1.807) is 31.4 Å². The number of carboxylic acids is 1. The first kappa shape index (κ1) is 30.2. The number of anilines is 1. The van der Waals surface area contributed by atoms with Crippen LogP contribution < -0.4 is 26.6 Å². The second-order valence-corrected chi connectivity index (χ2v) is 8.01. The van der Waals surface area contributed by atoms with Gasteiger partial charge in [-0.1, -0.05) is 19.1 Å². The lowest BCUT2D eigenvalue weighted by molar-refractivity contribution is -0.141. The second kappa shape index (κ2) is 15.9. The summed E-state index contributed by atoms with van der Waals surface area (Å²) in [6.07, 6.45) is 0.138. The average molecular weight is 508 g/mol. The van der Waals surface area contributed by atoms with Crippen LogP contribution in [0.5, 0.6) is 0 Å². The van der Waals surface area contributed by atoms with Crippen LogP contribution in [0, 0.1) is 5.92 Å². The number of nitrogens with one attached hydrogen (secondary N) is 5. The third kappa shape index (κ3) is 11.5. The maximum Gasteiger partial charge on any atom is 0.304 e. The fraction of sp³-hybridized carbons (Fsp3) is 0.478. The van der Waals surface area contributed by atoms with Gasteiger partial charge in [0.1, 0.15) is 18.4 Å². The Morgan fingerprint density at radius 1 is 1.00 bits per heavy atom. The minimum Gasteiger partial charge on any atom is -0.481 e. The number of ether oxygens (including phenoxy) is 1. The lowest BCUT2D eigenvalue weighted by atomic mass is 10.1. The Morgan fingerprint density at radius 2 is 1.67 bits per heavy atom.